The maximum absolute atomic E-state index is 3.55. The standard InChI is InChI=1S/C6H12N.Li.H/c1-4-5-6-7(2)3;;/h4-5H,1,6H2,2-3H3;;/b5-4+;;. The molecular weight excluding hydrogens is 93.0 g/mol. The SMILES string of the molecule is [CH2]/C=C/CN(C)C.[LiH]. The van der Waals surface area contributed by atoms with Gasteiger partial charge in [-0.05, 0) is 21.0 Å². The van der Waals surface area contributed by atoms with Gasteiger partial charge in [0.15, 0.2) is 0 Å². The molecule has 0 saturated heterocycles. The third-order valence-corrected chi connectivity index (χ3v) is 0.637. The molecule has 0 saturated carbocycles. The van der Waals surface area contributed by atoms with Gasteiger partial charge in [0, 0.05) is 6.54 Å². The van der Waals surface area contributed by atoms with Crippen molar-refractivity contribution in [2.75, 3.05) is 20.6 Å². The van der Waals surface area contributed by atoms with Gasteiger partial charge >= 0.3 is 18.9 Å². The van der Waals surface area contributed by atoms with Crippen LogP contribution in [-0.2, 0) is 0 Å². The van der Waals surface area contributed by atoms with E-state index in [1.54, 1.807) is 6.08 Å². The van der Waals surface area contributed by atoms with E-state index in [9.17, 15) is 0 Å². The van der Waals surface area contributed by atoms with Gasteiger partial charge in [-0.1, -0.05) is 12.2 Å². The Labute approximate surface area is 63.9 Å². The topological polar surface area (TPSA) is 3.24 Å². The van der Waals surface area contributed by atoms with Crippen molar-refractivity contribution in [3.8, 4) is 0 Å². The molecule has 43 valence electrons. The summed E-state index contributed by atoms with van der Waals surface area (Å²) in [7, 11) is 4.06. The van der Waals surface area contributed by atoms with E-state index >= 15 is 0 Å². The number of rotatable bonds is 2. The molecule has 0 unspecified atom stereocenters. The summed E-state index contributed by atoms with van der Waals surface area (Å²) in [5.41, 5.74) is 0. The van der Waals surface area contributed by atoms with Gasteiger partial charge < -0.3 is 4.90 Å². The molecule has 0 heterocycles. The van der Waals surface area contributed by atoms with Crippen LogP contribution in [-0.4, -0.2) is 44.4 Å². The predicted molar refractivity (Wildman–Crippen MR) is 40.2 cm³/mol. The molecule has 0 aliphatic heterocycles. The van der Waals surface area contributed by atoms with Gasteiger partial charge in [-0.2, -0.15) is 0 Å². The Morgan fingerprint density at radius 2 is 2.00 bits per heavy atom. The summed E-state index contributed by atoms with van der Waals surface area (Å²) in [5, 5.41) is 0. The molecule has 0 fully saturated rings. The third-order valence-electron chi connectivity index (χ3n) is 0.637. The van der Waals surface area contributed by atoms with E-state index in [1.807, 2.05) is 20.2 Å². The van der Waals surface area contributed by atoms with Gasteiger partial charge in [0.1, 0.15) is 0 Å². The van der Waals surface area contributed by atoms with Gasteiger partial charge in [0.05, 0.1) is 0 Å². The molecule has 0 amide bonds. The summed E-state index contributed by atoms with van der Waals surface area (Å²) in [5.74, 6) is 0. The first-order valence-corrected chi connectivity index (χ1v) is 2.36. The molecule has 0 aromatic heterocycles. The molecule has 0 N–H and O–H groups in total. The van der Waals surface area contributed by atoms with Crippen LogP contribution in [0.5, 0.6) is 0 Å². The molecule has 0 atom stereocenters. The monoisotopic (exact) mass is 106 g/mol. The van der Waals surface area contributed by atoms with Crippen molar-refractivity contribution in [1.29, 1.82) is 0 Å². The van der Waals surface area contributed by atoms with Crippen LogP contribution in [0.25, 0.3) is 0 Å². The fourth-order valence-electron chi connectivity index (χ4n) is 0.285. The molecule has 0 aromatic carbocycles. The summed E-state index contributed by atoms with van der Waals surface area (Å²) in [6.45, 7) is 4.54. The van der Waals surface area contributed by atoms with Crippen molar-refractivity contribution in [2.24, 2.45) is 0 Å². The number of hydrogen-bond acceptors (Lipinski definition) is 1. The van der Waals surface area contributed by atoms with E-state index in [0.717, 1.165) is 6.54 Å². The van der Waals surface area contributed by atoms with Crippen LogP contribution in [0.15, 0.2) is 12.2 Å². The summed E-state index contributed by atoms with van der Waals surface area (Å²) in [6, 6.07) is 0. The van der Waals surface area contributed by atoms with Gasteiger partial charge in [0.25, 0.3) is 0 Å². The fourth-order valence-corrected chi connectivity index (χ4v) is 0.285. The molecule has 1 nitrogen and oxygen atoms in total. The number of allylic oxidation sites excluding steroid dienone is 1. The van der Waals surface area contributed by atoms with Crippen molar-refractivity contribution in [2.45, 2.75) is 0 Å². The second-order valence-electron chi connectivity index (χ2n) is 1.73. The van der Waals surface area contributed by atoms with Gasteiger partial charge in [-0.3, -0.25) is 0 Å². The summed E-state index contributed by atoms with van der Waals surface area (Å²) >= 11 is 0. The van der Waals surface area contributed by atoms with Crippen molar-refractivity contribution in [3.05, 3.63) is 19.1 Å². The second-order valence-corrected chi connectivity index (χ2v) is 1.73. The molecule has 8 heavy (non-hydrogen) atoms. The van der Waals surface area contributed by atoms with Gasteiger partial charge in [-0.25, -0.2) is 0 Å². The van der Waals surface area contributed by atoms with Crippen LogP contribution in [0.1, 0.15) is 0 Å². The van der Waals surface area contributed by atoms with E-state index in [0.29, 0.717) is 0 Å². The first kappa shape index (κ1) is 11.1. The number of nitrogens with zero attached hydrogens (tertiary/aromatic N) is 1. The molecule has 0 spiro atoms. The molecular formula is C6H13LiN. The molecule has 0 aromatic rings. The van der Waals surface area contributed by atoms with Gasteiger partial charge in [0.2, 0.25) is 0 Å². The zero-order valence-electron chi connectivity index (χ0n) is 5.02. The van der Waals surface area contributed by atoms with Crippen LogP contribution in [0, 0.1) is 6.92 Å². The summed E-state index contributed by atoms with van der Waals surface area (Å²) in [6.07, 6.45) is 3.82. The van der Waals surface area contributed by atoms with Crippen LogP contribution in [0.4, 0.5) is 0 Å². The number of hydrogen-bond donors (Lipinski definition) is 0. The zero-order chi connectivity index (χ0) is 5.70. The Morgan fingerprint density at radius 3 is 2.12 bits per heavy atom. The number of likely N-dealkylation sites (N-methyl/N-ethyl adjacent to an activating group) is 1. The molecule has 0 aliphatic rings. The van der Waals surface area contributed by atoms with Crippen molar-refractivity contribution in [3.63, 3.8) is 0 Å². The van der Waals surface area contributed by atoms with E-state index in [1.165, 1.54) is 0 Å². The predicted octanol–water partition coefficient (Wildman–Crippen LogP) is 0.290. The van der Waals surface area contributed by atoms with E-state index < -0.39 is 0 Å². The Hall–Kier alpha value is 0.297. The van der Waals surface area contributed by atoms with Crippen LogP contribution in [0.3, 0.4) is 0 Å². The first-order chi connectivity index (χ1) is 3.27. The summed E-state index contributed by atoms with van der Waals surface area (Å²) < 4.78 is 0. The molecule has 0 aliphatic carbocycles. The average molecular weight is 106 g/mol. The van der Waals surface area contributed by atoms with E-state index in [2.05, 4.69) is 11.8 Å². The Kier molecular flexibility index (Phi) is 10.2. The fraction of sp³-hybridized carbons (Fsp3) is 0.500. The minimum absolute atomic E-state index is 0. The molecule has 0 bridgehead atoms. The van der Waals surface area contributed by atoms with Crippen LogP contribution >= 0.6 is 0 Å². The van der Waals surface area contributed by atoms with Gasteiger partial charge in [-0.15, -0.1) is 0 Å². The first-order valence-electron chi connectivity index (χ1n) is 2.36. The quantitative estimate of drug-likeness (QED) is 0.457. The molecule has 0 rings (SSSR count). The van der Waals surface area contributed by atoms with Crippen LogP contribution in [0.2, 0.25) is 0 Å². The molecule has 1 radical (unpaired) electrons. The zero-order valence-corrected chi connectivity index (χ0v) is 5.02. The summed E-state index contributed by atoms with van der Waals surface area (Å²) in [4.78, 5) is 2.08. The Bertz CT molecular complexity index is 59.5. The Balaban J connectivity index is 0. The Morgan fingerprint density at radius 1 is 1.50 bits per heavy atom. The van der Waals surface area contributed by atoms with E-state index in [4.69, 9.17) is 0 Å². The normalized spacial score (nSPS) is 10.0. The van der Waals surface area contributed by atoms with Crippen molar-refractivity contribution < 1.29 is 0 Å². The third kappa shape index (κ3) is 9.57. The average Bonchev–Trinajstić information content (AvgIpc) is 1.61. The second kappa shape index (κ2) is 7.30. The minimum atomic E-state index is 0. The maximum atomic E-state index is 3.55. The van der Waals surface area contributed by atoms with Crippen LogP contribution < -0.4 is 0 Å². The van der Waals surface area contributed by atoms with Crippen molar-refractivity contribution >= 4 is 18.9 Å². The van der Waals surface area contributed by atoms with Crippen molar-refractivity contribution in [1.82, 2.24) is 4.90 Å². The molecule has 2 heteroatoms. The van der Waals surface area contributed by atoms with E-state index in [-0.39, 0.29) is 18.9 Å².